The number of aryl methyl sites for hydroxylation is 1. The molecule has 0 spiro atoms. The standard InChI is InChI=1S/C17H17N5O/c1-10-16(11(2)22(21-10)12-6-4-3-5-7-12)13-8-15(23)19-17-14(13)9-18-20-17/h3-7,9,13H,8H2,1-2H3,(H2,18,19,20,23). The van der Waals surface area contributed by atoms with Crippen molar-refractivity contribution in [2.75, 3.05) is 5.32 Å². The summed E-state index contributed by atoms with van der Waals surface area (Å²) in [5.41, 5.74) is 5.14. The quantitative estimate of drug-likeness (QED) is 0.764. The zero-order chi connectivity index (χ0) is 16.0. The van der Waals surface area contributed by atoms with E-state index in [1.54, 1.807) is 6.20 Å². The summed E-state index contributed by atoms with van der Waals surface area (Å²) in [7, 11) is 0. The number of para-hydroxylation sites is 1. The second-order valence-corrected chi connectivity index (χ2v) is 5.84. The van der Waals surface area contributed by atoms with Crippen molar-refractivity contribution in [3.63, 3.8) is 0 Å². The van der Waals surface area contributed by atoms with E-state index < -0.39 is 0 Å². The first-order chi connectivity index (χ1) is 11.1. The van der Waals surface area contributed by atoms with E-state index in [9.17, 15) is 4.79 Å². The predicted octanol–water partition coefficient (Wildman–Crippen LogP) is 2.69. The molecule has 1 aliphatic heterocycles. The highest BCUT2D eigenvalue weighted by atomic mass is 16.1. The fourth-order valence-electron chi connectivity index (χ4n) is 3.38. The maximum Gasteiger partial charge on any atom is 0.226 e. The average molecular weight is 307 g/mol. The number of nitrogens with one attached hydrogen (secondary N) is 2. The van der Waals surface area contributed by atoms with Crippen molar-refractivity contribution in [2.24, 2.45) is 0 Å². The Balaban J connectivity index is 1.85. The zero-order valence-corrected chi connectivity index (χ0v) is 13.0. The number of aromatic nitrogens is 4. The van der Waals surface area contributed by atoms with Crippen LogP contribution >= 0.6 is 0 Å². The van der Waals surface area contributed by atoms with E-state index in [0.717, 1.165) is 28.2 Å². The minimum atomic E-state index is -0.0186. The van der Waals surface area contributed by atoms with Gasteiger partial charge in [-0.2, -0.15) is 10.2 Å². The normalized spacial score (nSPS) is 17.0. The van der Waals surface area contributed by atoms with Crippen LogP contribution in [0.2, 0.25) is 0 Å². The van der Waals surface area contributed by atoms with Gasteiger partial charge in [-0.05, 0) is 26.0 Å². The lowest BCUT2D eigenvalue weighted by atomic mass is 9.86. The van der Waals surface area contributed by atoms with Crippen LogP contribution in [0.15, 0.2) is 36.5 Å². The Morgan fingerprint density at radius 3 is 2.78 bits per heavy atom. The Morgan fingerprint density at radius 2 is 2.00 bits per heavy atom. The third-order valence-electron chi connectivity index (χ3n) is 4.39. The summed E-state index contributed by atoms with van der Waals surface area (Å²) in [6.07, 6.45) is 2.20. The molecular weight excluding hydrogens is 290 g/mol. The van der Waals surface area contributed by atoms with Crippen LogP contribution in [0.3, 0.4) is 0 Å². The monoisotopic (exact) mass is 307 g/mol. The SMILES string of the molecule is Cc1nn(-c2ccccc2)c(C)c1C1CC(=O)Nc2[nH]ncc21. The van der Waals surface area contributed by atoms with Gasteiger partial charge in [0.2, 0.25) is 5.91 Å². The first-order valence-corrected chi connectivity index (χ1v) is 7.60. The van der Waals surface area contributed by atoms with Crippen molar-refractivity contribution >= 4 is 11.7 Å². The maximum absolute atomic E-state index is 12.0. The molecule has 1 unspecified atom stereocenters. The van der Waals surface area contributed by atoms with Gasteiger partial charge in [0, 0.05) is 29.2 Å². The molecule has 116 valence electrons. The molecule has 1 amide bonds. The highest BCUT2D eigenvalue weighted by Gasteiger charge is 2.32. The van der Waals surface area contributed by atoms with Gasteiger partial charge in [-0.25, -0.2) is 4.68 Å². The van der Waals surface area contributed by atoms with Crippen LogP contribution in [-0.4, -0.2) is 25.9 Å². The molecule has 23 heavy (non-hydrogen) atoms. The van der Waals surface area contributed by atoms with E-state index in [1.807, 2.05) is 41.9 Å². The Kier molecular flexibility index (Phi) is 3.04. The van der Waals surface area contributed by atoms with Gasteiger partial charge in [-0.15, -0.1) is 0 Å². The van der Waals surface area contributed by atoms with Gasteiger partial charge in [-0.3, -0.25) is 9.89 Å². The van der Waals surface area contributed by atoms with E-state index in [-0.39, 0.29) is 11.8 Å². The Labute approximate surface area is 133 Å². The summed E-state index contributed by atoms with van der Waals surface area (Å²) in [6, 6.07) is 10.0. The van der Waals surface area contributed by atoms with Gasteiger partial charge in [0.1, 0.15) is 5.82 Å². The van der Waals surface area contributed by atoms with Crippen LogP contribution < -0.4 is 5.32 Å². The lowest BCUT2D eigenvalue weighted by Gasteiger charge is -2.22. The summed E-state index contributed by atoms with van der Waals surface area (Å²) in [4.78, 5) is 12.0. The van der Waals surface area contributed by atoms with Crippen LogP contribution in [0.25, 0.3) is 5.69 Å². The van der Waals surface area contributed by atoms with E-state index in [1.165, 1.54) is 0 Å². The van der Waals surface area contributed by atoms with Crippen molar-refractivity contribution in [1.82, 2.24) is 20.0 Å². The van der Waals surface area contributed by atoms with Crippen molar-refractivity contribution in [3.8, 4) is 5.69 Å². The molecular formula is C17H17N5O. The molecule has 2 N–H and O–H groups in total. The lowest BCUT2D eigenvalue weighted by molar-refractivity contribution is -0.116. The number of hydrogen-bond acceptors (Lipinski definition) is 3. The molecule has 2 aromatic heterocycles. The molecule has 0 bridgehead atoms. The Bertz CT molecular complexity index is 878. The summed E-state index contributed by atoms with van der Waals surface area (Å²) < 4.78 is 1.94. The minimum Gasteiger partial charge on any atom is -0.311 e. The van der Waals surface area contributed by atoms with Crippen molar-refractivity contribution < 1.29 is 4.79 Å². The smallest absolute Gasteiger partial charge is 0.226 e. The zero-order valence-electron chi connectivity index (χ0n) is 13.0. The number of amides is 1. The summed E-state index contributed by atoms with van der Waals surface area (Å²) in [6.45, 7) is 4.04. The number of hydrogen-bond donors (Lipinski definition) is 2. The minimum absolute atomic E-state index is 0.00184. The Morgan fingerprint density at radius 1 is 1.22 bits per heavy atom. The van der Waals surface area contributed by atoms with E-state index in [4.69, 9.17) is 5.10 Å². The number of nitrogens with zero attached hydrogens (tertiary/aromatic N) is 3. The number of rotatable bonds is 2. The summed E-state index contributed by atoms with van der Waals surface area (Å²) in [5, 5.41) is 14.5. The van der Waals surface area contributed by atoms with Crippen LogP contribution in [0.1, 0.15) is 34.9 Å². The predicted molar refractivity (Wildman–Crippen MR) is 86.7 cm³/mol. The lowest BCUT2D eigenvalue weighted by Crippen LogP contribution is -2.23. The van der Waals surface area contributed by atoms with Crippen LogP contribution in [0.4, 0.5) is 5.82 Å². The fraction of sp³-hybridized carbons (Fsp3) is 0.235. The van der Waals surface area contributed by atoms with Gasteiger partial charge in [0.05, 0.1) is 17.6 Å². The van der Waals surface area contributed by atoms with Crippen LogP contribution in [-0.2, 0) is 4.79 Å². The van der Waals surface area contributed by atoms with E-state index >= 15 is 0 Å². The third-order valence-corrected chi connectivity index (χ3v) is 4.39. The molecule has 1 aromatic carbocycles. The van der Waals surface area contributed by atoms with Crippen molar-refractivity contribution in [3.05, 3.63) is 59.0 Å². The second-order valence-electron chi connectivity index (χ2n) is 5.84. The third kappa shape index (κ3) is 2.14. The largest absolute Gasteiger partial charge is 0.311 e. The second kappa shape index (κ2) is 5.08. The van der Waals surface area contributed by atoms with Crippen molar-refractivity contribution in [2.45, 2.75) is 26.2 Å². The van der Waals surface area contributed by atoms with Crippen LogP contribution in [0, 0.1) is 13.8 Å². The Hall–Kier alpha value is -2.89. The number of carbonyl (C=O) groups excluding carboxylic acids is 1. The van der Waals surface area contributed by atoms with E-state index in [2.05, 4.69) is 22.4 Å². The molecule has 3 heterocycles. The molecule has 4 rings (SSSR count). The number of benzene rings is 1. The highest BCUT2D eigenvalue weighted by molar-refractivity contribution is 5.94. The van der Waals surface area contributed by atoms with Gasteiger partial charge in [0.25, 0.3) is 0 Å². The summed E-state index contributed by atoms with van der Waals surface area (Å²) >= 11 is 0. The summed E-state index contributed by atoms with van der Waals surface area (Å²) in [5.74, 6) is 0.672. The molecule has 3 aromatic rings. The number of carbonyl (C=O) groups is 1. The van der Waals surface area contributed by atoms with Gasteiger partial charge >= 0.3 is 0 Å². The molecule has 6 heteroatoms. The average Bonchev–Trinajstić information content (AvgIpc) is 3.12. The molecule has 6 nitrogen and oxygen atoms in total. The number of fused-ring (bicyclic) bond motifs is 1. The molecule has 0 radical (unpaired) electrons. The molecule has 0 fully saturated rings. The molecule has 1 aliphatic rings. The molecule has 0 aliphatic carbocycles. The first-order valence-electron chi connectivity index (χ1n) is 7.60. The topological polar surface area (TPSA) is 75.6 Å². The maximum atomic E-state index is 12.0. The van der Waals surface area contributed by atoms with Crippen LogP contribution in [0.5, 0.6) is 0 Å². The van der Waals surface area contributed by atoms with Crippen molar-refractivity contribution in [1.29, 1.82) is 0 Å². The van der Waals surface area contributed by atoms with Gasteiger partial charge in [0.15, 0.2) is 0 Å². The van der Waals surface area contributed by atoms with Gasteiger partial charge in [-0.1, -0.05) is 18.2 Å². The van der Waals surface area contributed by atoms with E-state index in [0.29, 0.717) is 12.2 Å². The molecule has 1 atom stereocenters. The number of aromatic amines is 1. The number of H-pyrrole nitrogens is 1. The number of anilines is 1. The first kappa shape index (κ1) is 13.8. The fourth-order valence-corrected chi connectivity index (χ4v) is 3.38. The van der Waals surface area contributed by atoms with Gasteiger partial charge < -0.3 is 5.32 Å². The molecule has 0 saturated heterocycles. The highest BCUT2D eigenvalue weighted by Crippen LogP contribution is 2.38. The molecule has 0 saturated carbocycles.